The molecule has 1 aromatic carbocycles. The number of nitro benzene ring substituents is 1. The average molecular weight is 410 g/mol. The third kappa shape index (κ3) is 4.52. The Kier molecular flexibility index (Phi) is 6.34. The molecule has 2 fully saturated rings. The number of nitrogens with zero attached hydrogens (tertiary/aromatic N) is 2. The minimum Gasteiger partial charge on any atom is -0.352 e. The molecule has 1 atom stereocenters. The first kappa shape index (κ1) is 20.7. The monoisotopic (exact) mass is 409 g/mol. The van der Waals surface area contributed by atoms with Crippen LogP contribution in [0.2, 0.25) is 0 Å². The number of nitro groups is 1. The lowest BCUT2D eigenvalue weighted by atomic mass is 9.87. The summed E-state index contributed by atoms with van der Waals surface area (Å²) in [6.45, 7) is 2.48. The minimum absolute atomic E-state index is 0.0238. The van der Waals surface area contributed by atoms with Gasteiger partial charge in [-0.1, -0.05) is 13.3 Å². The summed E-state index contributed by atoms with van der Waals surface area (Å²) in [5.41, 5.74) is -0.168. The number of hydrogen-bond acceptors (Lipinski definition) is 5. The van der Waals surface area contributed by atoms with E-state index in [0.29, 0.717) is 18.8 Å². The largest absolute Gasteiger partial charge is 0.352 e. The van der Waals surface area contributed by atoms with Crippen LogP contribution in [0.1, 0.15) is 51.9 Å². The van der Waals surface area contributed by atoms with Gasteiger partial charge in [-0.25, -0.2) is 8.42 Å². The van der Waals surface area contributed by atoms with Crippen molar-refractivity contribution in [2.75, 3.05) is 6.54 Å². The maximum Gasteiger partial charge on any atom is 0.269 e. The van der Waals surface area contributed by atoms with Crippen LogP contribution < -0.4 is 5.32 Å². The predicted octanol–water partition coefficient (Wildman–Crippen LogP) is 2.83. The van der Waals surface area contributed by atoms with Crippen molar-refractivity contribution in [3.63, 3.8) is 0 Å². The lowest BCUT2D eigenvalue weighted by Gasteiger charge is -2.35. The number of hydrogen-bond donors (Lipinski definition) is 1. The topological polar surface area (TPSA) is 110 Å². The fourth-order valence-electron chi connectivity index (χ4n) is 4.03. The fourth-order valence-corrected chi connectivity index (χ4v) is 5.69. The molecule has 1 N–H and O–H groups in total. The summed E-state index contributed by atoms with van der Waals surface area (Å²) in [4.78, 5) is 23.1. The quantitative estimate of drug-likeness (QED) is 0.594. The number of piperidine rings is 1. The van der Waals surface area contributed by atoms with Crippen molar-refractivity contribution in [2.45, 2.75) is 68.8 Å². The first-order valence-electron chi connectivity index (χ1n) is 9.85. The van der Waals surface area contributed by atoms with Gasteiger partial charge < -0.3 is 5.32 Å². The molecule has 1 saturated carbocycles. The van der Waals surface area contributed by atoms with E-state index >= 15 is 0 Å². The first-order chi connectivity index (χ1) is 13.3. The van der Waals surface area contributed by atoms with Crippen molar-refractivity contribution in [1.82, 2.24) is 9.62 Å². The van der Waals surface area contributed by atoms with Crippen LogP contribution in [0.25, 0.3) is 0 Å². The molecular formula is C19H27N3O5S. The molecule has 3 rings (SSSR count). The van der Waals surface area contributed by atoms with Crippen molar-refractivity contribution in [2.24, 2.45) is 5.92 Å². The predicted molar refractivity (Wildman–Crippen MR) is 104 cm³/mol. The Morgan fingerprint density at radius 1 is 1.11 bits per heavy atom. The van der Waals surface area contributed by atoms with Gasteiger partial charge in [-0.05, 0) is 56.6 Å². The second-order valence-corrected chi connectivity index (χ2v) is 9.73. The van der Waals surface area contributed by atoms with Crippen molar-refractivity contribution >= 4 is 21.6 Å². The SMILES string of the molecule is CC1CCC(NC(=O)[C@@H]2CCCCN2S(=O)(=O)c2ccc([N+](=O)[O-])cc2)CC1. The summed E-state index contributed by atoms with van der Waals surface area (Å²) in [5, 5.41) is 13.9. The second kappa shape index (κ2) is 8.57. The van der Waals surface area contributed by atoms with Crippen LogP contribution in [0.4, 0.5) is 5.69 Å². The number of carbonyl (C=O) groups is 1. The third-order valence-corrected chi connectivity index (χ3v) is 7.70. The molecule has 28 heavy (non-hydrogen) atoms. The third-order valence-electron chi connectivity index (χ3n) is 5.77. The van der Waals surface area contributed by atoms with Gasteiger partial charge in [0.05, 0.1) is 9.82 Å². The zero-order chi connectivity index (χ0) is 20.3. The van der Waals surface area contributed by atoms with E-state index in [0.717, 1.165) is 32.1 Å². The standard InChI is InChI=1S/C19H27N3O5S/c1-14-5-7-15(8-6-14)20-19(23)18-4-2-3-13-21(18)28(26,27)17-11-9-16(10-12-17)22(24)25/h9-12,14-15,18H,2-8,13H2,1H3,(H,20,23)/t14?,15?,18-/m0/s1. The van der Waals surface area contributed by atoms with Gasteiger partial charge in [-0.3, -0.25) is 14.9 Å². The summed E-state index contributed by atoms with van der Waals surface area (Å²) in [6, 6.07) is 4.20. The molecule has 0 bridgehead atoms. The van der Waals surface area contributed by atoms with Crippen LogP contribution in [0.5, 0.6) is 0 Å². The van der Waals surface area contributed by atoms with Gasteiger partial charge in [0, 0.05) is 24.7 Å². The lowest BCUT2D eigenvalue weighted by molar-refractivity contribution is -0.384. The average Bonchev–Trinajstić information content (AvgIpc) is 2.69. The number of amides is 1. The van der Waals surface area contributed by atoms with Crippen LogP contribution in [0.3, 0.4) is 0 Å². The Labute approximate surface area is 165 Å². The highest BCUT2D eigenvalue weighted by Gasteiger charge is 2.38. The van der Waals surface area contributed by atoms with Crippen LogP contribution in [-0.4, -0.2) is 42.2 Å². The van der Waals surface area contributed by atoms with Gasteiger partial charge in [-0.15, -0.1) is 0 Å². The Hall–Kier alpha value is -2.00. The van der Waals surface area contributed by atoms with E-state index in [1.165, 1.54) is 28.6 Å². The number of carbonyl (C=O) groups excluding carboxylic acids is 1. The van der Waals surface area contributed by atoms with E-state index < -0.39 is 21.0 Å². The van der Waals surface area contributed by atoms with E-state index in [2.05, 4.69) is 12.2 Å². The molecule has 1 heterocycles. The number of nitrogens with one attached hydrogen (secondary N) is 1. The Morgan fingerprint density at radius 2 is 1.75 bits per heavy atom. The second-order valence-electron chi connectivity index (χ2n) is 7.84. The summed E-state index contributed by atoms with van der Waals surface area (Å²) < 4.78 is 27.5. The van der Waals surface area contributed by atoms with Crippen LogP contribution in [0.15, 0.2) is 29.2 Å². The number of non-ortho nitro benzene ring substituents is 1. The van der Waals surface area contributed by atoms with Crippen molar-refractivity contribution < 1.29 is 18.1 Å². The maximum absolute atomic E-state index is 13.1. The van der Waals surface area contributed by atoms with Crippen LogP contribution in [-0.2, 0) is 14.8 Å². The highest BCUT2D eigenvalue weighted by Crippen LogP contribution is 2.28. The van der Waals surface area contributed by atoms with Gasteiger partial charge in [0.15, 0.2) is 0 Å². The molecule has 154 valence electrons. The van der Waals surface area contributed by atoms with E-state index in [9.17, 15) is 23.3 Å². The lowest BCUT2D eigenvalue weighted by Crippen LogP contribution is -2.53. The molecule has 1 amide bonds. The molecule has 8 nitrogen and oxygen atoms in total. The van der Waals surface area contributed by atoms with E-state index in [-0.39, 0.29) is 29.1 Å². The normalized spacial score (nSPS) is 26.5. The summed E-state index contributed by atoms with van der Waals surface area (Å²) >= 11 is 0. The van der Waals surface area contributed by atoms with Crippen LogP contribution >= 0.6 is 0 Å². The highest BCUT2D eigenvalue weighted by atomic mass is 32.2. The molecule has 0 spiro atoms. The van der Waals surface area contributed by atoms with Crippen molar-refractivity contribution in [1.29, 1.82) is 0 Å². The Balaban J connectivity index is 1.76. The molecule has 9 heteroatoms. The van der Waals surface area contributed by atoms with Gasteiger partial charge in [-0.2, -0.15) is 4.31 Å². The summed E-state index contributed by atoms with van der Waals surface area (Å²) in [5.74, 6) is 0.437. The molecule has 1 saturated heterocycles. The maximum atomic E-state index is 13.1. The first-order valence-corrected chi connectivity index (χ1v) is 11.3. The molecule has 1 aromatic rings. The van der Waals surface area contributed by atoms with E-state index in [1.54, 1.807) is 0 Å². The van der Waals surface area contributed by atoms with Gasteiger partial charge in [0.25, 0.3) is 5.69 Å². The molecule has 0 unspecified atom stereocenters. The van der Waals surface area contributed by atoms with E-state index in [1.807, 2.05) is 0 Å². The Morgan fingerprint density at radius 3 is 2.36 bits per heavy atom. The number of sulfonamides is 1. The van der Waals surface area contributed by atoms with Crippen molar-refractivity contribution in [3.8, 4) is 0 Å². The summed E-state index contributed by atoms with van der Waals surface area (Å²) in [6.07, 6.45) is 5.97. The zero-order valence-electron chi connectivity index (χ0n) is 16.0. The van der Waals surface area contributed by atoms with Gasteiger partial charge >= 0.3 is 0 Å². The van der Waals surface area contributed by atoms with Crippen LogP contribution in [0, 0.1) is 16.0 Å². The zero-order valence-corrected chi connectivity index (χ0v) is 16.9. The molecule has 1 aliphatic carbocycles. The highest BCUT2D eigenvalue weighted by molar-refractivity contribution is 7.89. The van der Waals surface area contributed by atoms with Gasteiger partial charge in [0.1, 0.15) is 6.04 Å². The van der Waals surface area contributed by atoms with Gasteiger partial charge in [0.2, 0.25) is 15.9 Å². The number of benzene rings is 1. The minimum atomic E-state index is -3.90. The Bertz CT molecular complexity index is 816. The molecule has 0 radical (unpaired) electrons. The summed E-state index contributed by atoms with van der Waals surface area (Å²) in [7, 11) is -3.90. The van der Waals surface area contributed by atoms with E-state index in [4.69, 9.17) is 0 Å². The number of rotatable bonds is 5. The van der Waals surface area contributed by atoms with Crippen molar-refractivity contribution in [3.05, 3.63) is 34.4 Å². The molecule has 1 aliphatic heterocycles. The molecule has 2 aliphatic rings. The fraction of sp³-hybridized carbons (Fsp3) is 0.632. The molecular weight excluding hydrogens is 382 g/mol. The molecule has 0 aromatic heterocycles. The smallest absolute Gasteiger partial charge is 0.269 e.